The van der Waals surface area contributed by atoms with E-state index in [9.17, 15) is 13.2 Å². The van der Waals surface area contributed by atoms with Crippen LogP contribution in [0.25, 0.3) is 11.3 Å². The van der Waals surface area contributed by atoms with Gasteiger partial charge in [-0.1, -0.05) is 30.3 Å². The van der Waals surface area contributed by atoms with E-state index in [0.29, 0.717) is 17.8 Å². The Hall–Kier alpha value is -3.01. The third-order valence-electron chi connectivity index (χ3n) is 5.75. The fraction of sp³-hybridized carbons (Fsp3) is 0.400. The molecule has 5 rings (SSSR count). The molecule has 0 radical (unpaired) electrons. The van der Waals surface area contributed by atoms with Gasteiger partial charge < -0.3 is 5.32 Å². The zero-order valence-electron chi connectivity index (χ0n) is 16.2. The van der Waals surface area contributed by atoms with Gasteiger partial charge in [-0.15, -0.1) is 0 Å². The van der Waals surface area contributed by atoms with Crippen molar-refractivity contribution in [1.29, 1.82) is 0 Å². The van der Waals surface area contributed by atoms with E-state index in [1.807, 2.05) is 30.3 Å². The molecule has 1 fully saturated rings. The first kappa shape index (κ1) is 19.0. The molecular formula is C20H21N5O4S. The molecule has 1 aromatic carbocycles. The molecule has 1 aliphatic heterocycles. The van der Waals surface area contributed by atoms with E-state index in [1.165, 1.54) is 0 Å². The van der Waals surface area contributed by atoms with Gasteiger partial charge in [0.1, 0.15) is 0 Å². The number of nitrogens with one attached hydrogen (secondary N) is 1. The second kappa shape index (κ2) is 7.35. The summed E-state index contributed by atoms with van der Waals surface area (Å²) in [5, 5.41) is 15.1. The van der Waals surface area contributed by atoms with Crippen LogP contribution < -0.4 is 5.32 Å². The number of hydrogen-bond donors (Lipinski definition) is 1. The molecule has 1 amide bonds. The summed E-state index contributed by atoms with van der Waals surface area (Å²) in [6, 6.07) is 9.11. The minimum Gasteiger partial charge on any atom is -0.300 e. The van der Waals surface area contributed by atoms with Crippen LogP contribution in [0.2, 0.25) is 0 Å². The Bertz CT molecular complexity index is 1200. The van der Waals surface area contributed by atoms with E-state index in [0.717, 1.165) is 42.5 Å². The monoisotopic (exact) mass is 427 g/mol. The van der Waals surface area contributed by atoms with Gasteiger partial charge in [-0.3, -0.25) is 9.48 Å². The molecule has 1 aliphatic carbocycles. The molecule has 156 valence electrons. The van der Waals surface area contributed by atoms with Crippen LogP contribution in [-0.2, 0) is 22.7 Å². The number of anilines is 1. The van der Waals surface area contributed by atoms with Gasteiger partial charge in [0, 0.05) is 16.8 Å². The zero-order valence-corrected chi connectivity index (χ0v) is 17.1. The van der Waals surface area contributed by atoms with E-state index in [4.69, 9.17) is 4.63 Å². The Morgan fingerprint density at radius 3 is 2.70 bits per heavy atom. The van der Waals surface area contributed by atoms with Crippen LogP contribution in [0.1, 0.15) is 47.1 Å². The van der Waals surface area contributed by atoms with Gasteiger partial charge in [0.2, 0.25) is 5.82 Å². The maximum Gasteiger partial charge on any atom is 0.277 e. The van der Waals surface area contributed by atoms with Crippen LogP contribution >= 0.6 is 0 Å². The summed E-state index contributed by atoms with van der Waals surface area (Å²) in [4.78, 5) is 13.1. The molecule has 0 bridgehead atoms. The smallest absolute Gasteiger partial charge is 0.277 e. The molecule has 2 aromatic heterocycles. The largest absolute Gasteiger partial charge is 0.300 e. The molecule has 1 saturated heterocycles. The van der Waals surface area contributed by atoms with Crippen molar-refractivity contribution in [2.45, 2.75) is 38.1 Å². The molecule has 1 N–H and O–H groups in total. The minimum absolute atomic E-state index is 0.0769. The summed E-state index contributed by atoms with van der Waals surface area (Å²) in [5.41, 5.74) is 3.43. The van der Waals surface area contributed by atoms with Crippen molar-refractivity contribution in [3.05, 3.63) is 47.3 Å². The Morgan fingerprint density at radius 1 is 1.13 bits per heavy atom. The maximum atomic E-state index is 13.1. The molecule has 3 heterocycles. The van der Waals surface area contributed by atoms with Gasteiger partial charge in [0.25, 0.3) is 5.91 Å². The zero-order chi connectivity index (χ0) is 20.7. The summed E-state index contributed by atoms with van der Waals surface area (Å²) in [6.07, 6.45) is 4.06. The van der Waals surface area contributed by atoms with Gasteiger partial charge in [-0.2, -0.15) is 5.10 Å². The average Bonchev–Trinajstić information content (AvgIpc) is 3.45. The molecule has 30 heavy (non-hydrogen) atoms. The number of carbonyl (C=O) groups is 1. The SMILES string of the molecule is O=C(Nc1nonc1-c1ccccc1)c1nn([C@H]2CCS(=O)(=O)C2)c2c1CCCC2. The first-order valence-corrected chi connectivity index (χ1v) is 11.8. The summed E-state index contributed by atoms with van der Waals surface area (Å²) in [7, 11) is -3.05. The van der Waals surface area contributed by atoms with Crippen LogP contribution in [0.15, 0.2) is 35.0 Å². The fourth-order valence-corrected chi connectivity index (χ4v) is 5.99. The van der Waals surface area contributed by atoms with Gasteiger partial charge in [0.05, 0.1) is 17.5 Å². The molecule has 2 aliphatic rings. The van der Waals surface area contributed by atoms with Crippen molar-refractivity contribution in [2.75, 3.05) is 16.8 Å². The standard InChI is InChI=1S/C20H21N5O4S/c26-20(21-19-17(23-29-24-19)13-6-2-1-3-7-13)18-15-8-4-5-9-16(15)25(22-18)14-10-11-30(27,28)12-14/h1-3,6-7,14H,4-5,8-12H2,(H,21,24,26)/t14-/m0/s1. The summed E-state index contributed by atoms with van der Waals surface area (Å²) < 4.78 is 30.6. The second-order valence-corrected chi connectivity index (χ2v) is 9.99. The van der Waals surface area contributed by atoms with Crippen molar-refractivity contribution >= 4 is 21.6 Å². The molecule has 0 unspecified atom stereocenters. The highest BCUT2D eigenvalue weighted by molar-refractivity contribution is 7.91. The molecule has 0 saturated carbocycles. The highest BCUT2D eigenvalue weighted by Crippen LogP contribution is 2.32. The topological polar surface area (TPSA) is 120 Å². The van der Waals surface area contributed by atoms with Crippen LogP contribution in [-0.4, -0.2) is 45.9 Å². The lowest BCUT2D eigenvalue weighted by molar-refractivity contribution is 0.101. The third kappa shape index (κ3) is 3.41. The number of fused-ring (bicyclic) bond motifs is 1. The van der Waals surface area contributed by atoms with Crippen LogP contribution in [0, 0.1) is 0 Å². The number of aromatic nitrogens is 4. The van der Waals surface area contributed by atoms with Crippen LogP contribution in [0.5, 0.6) is 0 Å². The number of benzene rings is 1. The number of amides is 1. The predicted octanol–water partition coefficient (Wildman–Crippen LogP) is 2.42. The Labute approximate surface area is 173 Å². The Morgan fingerprint density at radius 2 is 1.93 bits per heavy atom. The summed E-state index contributed by atoms with van der Waals surface area (Å²) >= 11 is 0. The normalized spacial score (nSPS) is 20.1. The number of nitrogens with zero attached hydrogens (tertiary/aromatic N) is 4. The highest BCUT2D eigenvalue weighted by Gasteiger charge is 2.34. The number of sulfone groups is 1. The predicted molar refractivity (Wildman–Crippen MR) is 109 cm³/mol. The van der Waals surface area contributed by atoms with Crippen molar-refractivity contribution in [1.82, 2.24) is 20.1 Å². The number of rotatable bonds is 4. The van der Waals surface area contributed by atoms with E-state index in [-0.39, 0.29) is 29.3 Å². The first-order valence-electron chi connectivity index (χ1n) is 10.0. The van der Waals surface area contributed by atoms with Gasteiger partial charge in [-0.25, -0.2) is 13.0 Å². The Balaban J connectivity index is 1.47. The van der Waals surface area contributed by atoms with Crippen molar-refractivity contribution < 1.29 is 17.8 Å². The quantitative estimate of drug-likeness (QED) is 0.679. The lowest BCUT2D eigenvalue weighted by Crippen LogP contribution is -2.17. The second-order valence-electron chi connectivity index (χ2n) is 7.76. The summed E-state index contributed by atoms with van der Waals surface area (Å²) in [6.45, 7) is 0. The fourth-order valence-electron chi connectivity index (χ4n) is 4.30. The van der Waals surface area contributed by atoms with Crippen LogP contribution in [0.3, 0.4) is 0 Å². The van der Waals surface area contributed by atoms with Gasteiger partial charge >= 0.3 is 0 Å². The maximum absolute atomic E-state index is 13.1. The third-order valence-corrected chi connectivity index (χ3v) is 7.50. The molecular weight excluding hydrogens is 406 g/mol. The first-order chi connectivity index (χ1) is 14.5. The minimum atomic E-state index is -3.05. The van der Waals surface area contributed by atoms with E-state index in [1.54, 1.807) is 4.68 Å². The van der Waals surface area contributed by atoms with Gasteiger partial charge in [0.15, 0.2) is 21.2 Å². The molecule has 3 aromatic rings. The molecule has 1 atom stereocenters. The van der Waals surface area contributed by atoms with E-state index >= 15 is 0 Å². The van der Waals surface area contributed by atoms with Gasteiger partial charge in [-0.05, 0) is 42.4 Å². The molecule has 0 spiro atoms. The van der Waals surface area contributed by atoms with E-state index < -0.39 is 9.84 Å². The summed E-state index contributed by atoms with van der Waals surface area (Å²) in [5.74, 6) is 0.0845. The van der Waals surface area contributed by atoms with Crippen molar-refractivity contribution in [3.8, 4) is 11.3 Å². The van der Waals surface area contributed by atoms with Crippen LogP contribution in [0.4, 0.5) is 5.82 Å². The molecule has 10 heteroatoms. The lowest BCUT2D eigenvalue weighted by Gasteiger charge is -2.17. The lowest BCUT2D eigenvalue weighted by atomic mass is 9.95. The average molecular weight is 427 g/mol. The van der Waals surface area contributed by atoms with E-state index in [2.05, 4.69) is 20.7 Å². The van der Waals surface area contributed by atoms with Crippen molar-refractivity contribution in [3.63, 3.8) is 0 Å². The Kier molecular flexibility index (Phi) is 4.65. The number of hydrogen-bond acceptors (Lipinski definition) is 7. The molecule has 9 nitrogen and oxygen atoms in total. The highest BCUT2D eigenvalue weighted by atomic mass is 32.2. The van der Waals surface area contributed by atoms with Crippen molar-refractivity contribution in [2.24, 2.45) is 0 Å². The number of carbonyl (C=O) groups excluding carboxylic acids is 1.